The molecule has 3 rings (SSSR count). The summed E-state index contributed by atoms with van der Waals surface area (Å²) in [6.45, 7) is 4.82. The van der Waals surface area contributed by atoms with Crippen LogP contribution < -0.4 is 14.8 Å². The maximum absolute atomic E-state index is 5.53. The van der Waals surface area contributed by atoms with Crippen molar-refractivity contribution in [1.82, 2.24) is 19.8 Å². The fourth-order valence-corrected chi connectivity index (χ4v) is 3.69. The van der Waals surface area contributed by atoms with Gasteiger partial charge in [-0.1, -0.05) is 19.1 Å². The number of nitrogens with one attached hydrogen (secondary N) is 1. The van der Waals surface area contributed by atoms with Gasteiger partial charge in [0.1, 0.15) is 0 Å². The number of likely N-dealkylation sites (tertiary alicyclic amines) is 1. The van der Waals surface area contributed by atoms with Crippen LogP contribution in [0.25, 0.3) is 0 Å². The van der Waals surface area contributed by atoms with Crippen molar-refractivity contribution in [2.75, 3.05) is 34.4 Å². The fourth-order valence-electron chi connectivity index (χ4n) is 3.69. The number of hydrogen-bond donors (Lipinski definition) is 1. The Morgan fingerprint density at radius 3 is 2.79 bits per heavy atom. The highest BCUT2D eigenvalue weighted by atomic mass is 127. The molecule has 0 spiro atoms. The minimum Gasteiger partial charge on any atom is -0.493 e. The van der Waals surface area contributed by atoms with E-state index in [4.69, 9.17) is 9.47 Å². The van der Waals surface area contributed by atoms with Crippen molar-refractivity contribution in [3.63, 3.8) is 0 Å². The summed E-state index contributed by atoms with van der Waals surface area (Å²) in [6.07, 6.45) is 6.91. The average molecular weight is 499 g/mol. The van der Waals surface area contributed by atoms with E-state index in [1.165, 1.54) is 0 Å². The number of guanidine groups is 1. The molecular formula is C20H30IN5O2. The molecule has 8 heteroatoms. The number of piperidine rings is 1. The van der Waals surface area contributed by atoms with E-state index in [1.54, 1.807) is 14.2 Å². The Bertz CT molecular complexity index is 766. The third-order valence-electron chi connectivity index (χ3n) is 5.26. The Labute approximate surface area is 184 Å². The van der Waals surface area contributed by atoms with Gasteiger partial charge in [0.25, 0.3) is 0 Å². The smallest absolute Gasteiger partial charge is 0.193 e. The summed E-state index contributed by atoms with van der Waals surface area (Å²) in [5.41, 5.74) is 1.04. The van der Waals surface area contributed by atoms with Gasteiger partial charge >= 0.3 is 0 Å². The van der Waals surface area contributed by atoms with Gasteiger partial charge in [-0.05, 0) is 18.4 Å². The number of aliphatic imine (C=N–C) groups is 1. The first kappa shape index (κ1) is 22.3. The third-order valence-corrected chi connectivity index (χ3v) is 5.26. The zero-order chi connectivity index (χ0) is 19.2. The normalized spacial score (nSPS) is 19.7. The van der Waals surface area contributed by atoms with Crippen molar-refractivity contribution in [2.24, 2.45) is 10.9 Å². The summed E-state index contributed by atoms with van der Waals surface area (Å²) >= 11 is 0. The molecule has 1 saturated heterocycles. The van der Waals surface area contributed by atoms with E-state index in [-0.39, 0.29) is 24.0 Å². The number of methoxy groups -OCH3 is 2. The molecule has 0 bridgehead atoms. The fraction of sp³-hybridized carbons (Fsp3) is 0.500. The van der Waals surface area contributed by atoms with Gasteiger partial charge in [-0.25, -0.2) is 4.98 Å². The largest absolute Gasteiger partial charge is 0.493 e. The number of benzene rings is 1. The van der Waals surface area contributed by atoms with Crippen molar-refractivity contribution in [3.8, 4) is 11.5 Å². The molecule has 1 aromatic heterocycles. The first-order valence-electron chi connectivity index (χ1n) is 9.30. The van der Waals surface area contributed by atoms with E-state index in [1.807, 2.05) is 44.0 Å². The number of para-hydroxylation sites is 1. The molecule has 2 aromatic rings. The lowest BCUT2D eigenvalue weighted by atomic mass is 9.93. The molecule has 0 amide bonds. The molecule has 1 N–H and O–H groups in total. The number of halogens is 1. The summed E-state index contributed by atoms with van der Waals surface area (Å²) in [5.74, 6) is 2.99. The Kier molecular flexibility index (Phi) is 8.40. The maximum Gasteiger partial charge on any atom is 0.193 e. The SMILES string of the molecule is CN=C(NCc1cccc(OC)c1OC)N1CCC(C)C(n2ccnc2)C1.I. The predicted molar refractivity (Wildman–Crippen MR) is 122 cm³/mol. The topological polar surface area (TPSA) is 63.9 Å². The summed E-state index contributed by atoms with van der Waals surface area (Å²) in [7, 11) is 5.15. The number of aromatic nitrogens is 2. The second-order valence-electron chi connectivity index (χ2n) is 6.84. The van der Waals surface area contributed by atoms with Crippen LogP contribution in [0.2, 0.25) is 0 Å². The van der Waals surface area contributed by atoms with Gasteiger partial charge in [-0.3, -0.25) is 4.99 Å². The zero-order valence-electron chi connectivity index (χ0n) is 17.0. The molecule has 1 aromatic carbocycles. The van der Waals surface area contributed by atoms with Crippen LogP contribution in [0.15, 0.2) is 41.9 Å². The highest BCUT2D eigenvalue weighted by Crippen LogP contribution is 2.31. The summed E-state index contributed by atoms with van der Waals surface area (Å²) in [4.78, 5) is 11.0. The van der Waals surface area contributed by atoms with Crippen molar-refractivity contribution in [3.05, 3.63) is 42.5 Å². The van der Waals surface area contributed by atoms with Gasteiger partial charge in [-0.15, -0.1) is 24.0 Å². The van der Waals surface area contributed by atoms with Gasteiger partial charge in [0.05, 0.1) is 26.6 Å². The first-order valence-corrected chi connectivity index (χ1v) is 9.30. The number of ether oxygens (including phenoxy) is 2. The molecule has 2 atom stereocenters. The highest BCUT2D eigenvalue weighted by molar-refractivity contribution is 14.0. The van der Waals surface area contributed by atoms with E-state index >= 15 is 0 Å². The Morgan fingerprint density at radius 2 is 2.14 bits per heavy atom. The van der Waals surface area contributed by atoms with Gasteiger partial charge in [-0.2, -0.15) is 0 Å². The van der Waals surface area contributed by atoms with Crippen LogP contribution in [-0.4, -0.2) is 54.8 Å². The minimum atomic E-state index is 0. The summed E-state index contributed by atoms with van der Waals surface area (Å²) < 4.78 is 13.1. The maximum atomic E-state index is 5.53. The molecule has 154 valence electrons. The summed E-state index contributed by atoms with van der Waals surface area (Å²) in [6, 6.07) is 6.30. The molecule has 0 saturated carbocycles. The Balaban J connectivity index is 0.00000280. The molecule has 1 aliphatic rings. The van der Waals surface area contributed by atoms with E-state index < -0.39 is 0 Å². The molecular weight excluding hydrogens is 469 g/mol. The van der Waals surface area contributed by atoms with Crippen LogP contribution in [0.4, 0.5) is 0 Å². The number of hydrogen-bond acceptors (Lipinski definition) is 4. The molecule has 28 heavy (non-hydrogen) atoms. The summed E-state index contributed by atoms with van der Waals surface area (Å²) in [5, 5.41) is 3.48. The van der Waals surface area contributed by atoms with Crippen molar-refractivity contribution in [2.45, 2.75) is 25.9 Å². The molecule has 2 unspecified atom stereocenters. The Hall–Kier alpha value is -1.97. The van der Waals surface area contributed by atoms with Gasteiger partial charge < -0.3 is 24.3 Å². The molecule has 0 aliphatic carbocycles. The zero-order valence-corrected chi connectivity index (χ0v) is 19.3. The standard InChI is InChI=1S/C20H29N5O2.HI/c1-15-8-10-24(13-17(15)25-11-9-22-14-25)20(21-2)23-12-16-6-5-7-18(26-3)19(16)27-4;/h5-7,9,11,14-15,17H,8,10,12-13H2,1-4H3,(H,21,23);1H. The quantitative estimate of drug-likeness (QED) is 0.389. The van der Waals surface area contributed by atoms with E-state index in [9.17, 15) is 0 Å². The van der Waals surface area contributed by atoms with Crippen molar-refractivity contribution in [1.29, 1.82) is 0 Å². The highest BCUT2D eigenvalue weighted by Gasteiger charge is 2.29. The van der Waals surface area contributed by atoms with E-state index in [0.29, 0.717) is 18.5 Å². The molecule has 0 radical (unpaired) electrons. The Morgan fingerprint density at radius 1 is 1.32 bits per heavy atom. The van der Waals surface area contributed by atoms with Crippen LogP contribution >= 0.6 is 24.0 Å². The van der Waals surface area contributed by atoms with Crippen molar-refractivity contribution < 1.29 is 9.47 Å². The van der Waals surface area contributed by atoms with Gasteiger partial charge in [0.15, 0.2) is 17.5 Å². The van der Waals surface area contributed by atoms with Crippen molar-refractivity contribution >= 4 is 29.9 Å². The van der Waals surface area contributed by atoms with E-state index in [0.717, 1.165) is 42.5 Å². The monoisotopic (exact) mass is 499 g/mol. The molecule has 7 nitrogen and oxygen atoms in total. The molecule has 1 aliphatic heterocycles. The van der Waals surface area contributed by atoms with Crippen LogP contribution in [0.1, 0.15) is 24.9 Å². The lowest BCUT2D eigenvalue weighted by molar-refractivity contribution is 0.189. The molecule has 1 fully saturated rings. The third kappa shape index (κ3) is 4.89. The predicted octanol–water partition coefficient (Wildman–Crippen LogP) is 3.18. The molecule has 2 heterocycles. The van der Waals surface area contributed by atoms with Gasteiger partial charge in [0, 0.05) is 44.6 Å². The van der Waals surface area contributed by atoms with Crippen LogP contribution in [-0.2, 0) is 6.54 Å². The minimum absolute atomic E-state index is 0. The lowest BCUT2D eigenvalue weighted by Crippen LogP contribution is -2.48. The second kappa shape index (κ2) is 10.5. The first-order chi connectivity index (χ1) is 13.2. The number of rotatable bonds is 5. The van der Waals surface area contributed by atoms with Crippen LogP contribution in [0.5, 0.6) is 11.5 Å². The average Bonchev–Trinajstić information content (AvgIpc) is 3.23. The van der Waals surface area contributed by atoms with Crippen LogP contribution in [0.3, 0.4) is 0 Å². The lowest BCUT2D eigenvalue weighted by Gasteiger charge is -2.39. The number of nitrogens with zero attached hydrogens (tertiary/aromatic N) is 4. The number of imidazole rings is 1. The van der Waals surface area contributed by atoms with Gasteiger partial charge in [0.2, 0.25) is 0 Å². The van der Waals surface area contributed by atoms with Crippen LogP contribution in [0, 0.1) is 5.92 Å². The second-order valence-corrected chi connectivity index (χ2v) is 6.84. The van der Waals surface area contributed by atoms with E-state index in [2.05, 4.69) is 31.7 Å².